The lowest BCUT2D eigenvalue weighted by molar-refractivity contribution is -0.138. The van der Waals surface area contributed by atoms with Gasteiger partial charge in [0.15, 0.2) is 0 Å². The van der Waals surface area contributed by atoms with Gasteiger partial charge in [-0.15, -0.1) is 0 Å². The van der Waals surface area contributed by atoms with Crippen LogP contribution < -0.4 is 27.4 Å². The third kappa shape index (κ3) is 10.4. The number of alkyl carbamates (subject to hydrolysis) is 1. The second kappa shape index (κ2) is 17.6. The van der Waals surface area contributed by atoms with Crippen LogP contribution in [0.2, 0.25) is 0 Å². The van der Waals surface area contributed by atoms with E-state index in [1.165, 1.54) is 0 Å². The van der Waals surface area contributed by atoms with Crippen LogP contribution in [0, 0.1) is 0 Å². The van der Waals surface area contributed by atoms with Crippen LogP contribution in [0.15, 0.2) is 48.5 Å². The summed E-state index contributed by atoms with van der Waals surface area (Å²) in [5.41, 5.74) is 15.5. The Morgan fingerprint density at radius 2 is 1.41 bits per heavy atom. The Morgan fingerprint density at radius 1 is 0.795 bits per heavy atom. The highest BCUT2D eigenvalue weighted by Crippen LogP contribution is 2.44. The first-order chi connectivity index (χ1) is 21.2. The highest BCUT2D eigenvalue weighted by Gasteiger charge is 2.30. The summed E-state index contributed by atoms with van der Waals surface area (Å²) in [5.74, 6) is -2.81. The summed E-state index contributed by atoms with van der Waals surface area (Å²) in [6, 6.07) is 14.1. The van der Waals surface area contributed by atoms with Crippen molar-refractivity contribution in [3.8, 4) is 11.1 Å². The van der Waals surface area contributed by atoms with E-state index >= 15 is 0 Å². The first kappa shape index (κ1) is 34.0. The van der Waals surface area contributed by atoms with Crippen molar-refractivity contribution < 1.29 is 33.8 Å². The zero-order valence-electron chi connectivity index (χ0n) is 24.9. The number of hydrogen-bond acceptors (Lipinski definition) is 7. The van der Waals surface area contributed by atoms with Gasteiger partial charge in [0.05, 0.1) is 6.42 Å². The molecule has 1 aliphatic rings. The molecule has 4 amide bonds. The summed E-state index contributed by atoms with van der Waals surface area (Å²) >= 11 is 0. The Hall–Kier alpha value is -4.45. The molecule has 0 spiro atoms. The predicted octanol–water partition coefficient (Wildman–Crippen LogP) is 2.53. The van der Waals surface area contributed by atoms with Crippen LogP contribution in [-0.2, 0) is 23.9 Å². The van der Waals surface area contributed by atoms with Crippen LogP contribution in [0.3, 0.4) is 0 Å². The monoisotopic (exact) mass is 609 g/mol. The van der Waals surface area contributed by atoms with Crippen molar-refractivity contribution in [1.82, 2.24) is 16.0 Å². The summed E-state index contributed by atoms with van der Waals surface area (Å²) in [7, 11) is 0. The molecule has 2 aromatic carbocycles. The lowest BCUT2D eigenvalue weighted by Crippen LogP contribution is -2.53. The van der Waals surface area contributed by atoms with Crippen molar-refractivity contribution in [1.29, 1.82) is 0 Å². The van der Waals surface area contributed by atoms with E-state index in [0.717, 1.165) is 35.1 Å². The van der Waals surface area contributed by atoms with Crippen LogP contribution in [0.1, 0.15) is 74.8 Å². The zero-order valence-corrected chi connectivity index (χ0v) is 24.9. The Labute approximate surface area is 257 Å². The van der Waals surface area contributed by atoms with Gasteiger partial charge in [-0.3, -0.25) is 19.2 Å². The van der Waals surface area contributed by atoms with Crippen molar-refractivity contribution >= 4 is 29.8 Å². The van der Waals surface area contributed by atoms with Crippen molar-refractivity contribution in [3.05, 3.63) is 59.7 Å². The molecule has 2 aromatic rings. The maximum atomic E-state index is 13.2. The number of primary amides is 1. The molecule has 1 aliphatic carbocycles. The highest BCUT2D eigenvalue weighted by atomic mass is 16.5. The second-order valence-corrected chi connectivity index (χ2v) is 10.9. The van der Waals surface area contributed by atoms with Crippen molar-refractivity contribution in [3.63, 3.8) is 0 Å². The molecule has 44 heavy (non-hydrogen) atoms. The molecule has 238 valence electrons. The van der Waals surface area contributed by atoms with E-state index in [1.807, 2.05) is 48.5 Å². The summed E-state index contributed by atoms with van der Waals surface area (Å²) in [6.07, 6.45) is 2.59. The largest absolute Gasteiger partial charge is 0.481 e. The molecule has 0 unspecified atom stereocenters. The van der Waals surface area contributed by atoms with E-state index in [4.69, 9.17) is 21.3 Å². The molecule has 12 heteroatoms. The lowest BCUT2D eigenvalue weighted by atomic mass is 9.98. The minimum absolute atomic E-state index is 0.0954. The predicted molar refractivity (Wildman–Crippen MR) is 164 cm³/mol. The number of carbonyl (C=O) groups is 5. The van der Waals surface area contributed by atoms with Crippen molar-refractivity contribution in [2.45, 2.75) is 75.8 Å². The summed E-state index contributed by atoms with van der Waals surface area (Å²) in [4.78, 5) is 60.5. The smallest absolute Gasteiger partial charge is 0.407 e. The maximum Gasteiger partial charge on any atom is 0.407 e. The number of carboxylic acid groups (broad SMARTS) is 1. The van der Waals surface area contributed by atoms with Crippen LogP contribution in [-0.4, -0.2) is 66.7 Å². The van der Waals surface area contributed by atoms with Crippen LogP contribution in [0.4, 0.5) is 4.79 Å². The molecule has 0 radical (unpaired) electrons. The number of fused-ring (bicyclic) bond motifs is 3. The molecule has 3 rings (SSSR count). The van der Waals surface area contributed by atoms with Gasteiger partial charge in [-0.25, -0.2) is 4.79 Å². The van der Waals surface area contributed by atoms with E-state index in [0.29, 0.717) is 38.8 Å². The molecule has 2 atom stereocenters. The maximum absolute atomic E-state index is 13.2. The van der Waals surface area contributed by atoms with Crippen LogP contribution in [0.5, 0.6) is 0 Å². The molecular weight excluding hydrogens is 566 g/mol. The van der Waals surface area contributed by atoms with Gasteiger partial charge in [-0.1, -0.05) is 61.4 Å². The molecule has 0 fully saturated rings. The average molecular weight is 610 g/mol. The summed E-state index contributed by atoms with van der Waals surface area (Å²) in [6.45, 7) is 0.906. The number of amides is 4. The highest BCUT2D eigenvalue weighted by molar-refractivity contribution is 5.90. The molecule has 0 aliphatic heterocycles. The van der Waals surface area contributed by atoms with E-state index in [2.05, 4.69) is 16.0 Å². The van der Waals surface area contributed by atoms with Gasteiger partial charge in [0.2, 0.25) is 17.7 Å². The Balaban J connectivity index is 1.54. The SMILES string of the molecule is NCCCCC[C@H](NC(=O)OCC1c2ccccc2-c2ccccc21)C(=O)N[C@@H](CCCCNC(=O)CCC(=O)O)C(N)=O. The first-order valence-electron chi connectivity index (χ1n) is 15.1. The summed E-state index contributed by atoms with van der Waals surface area (Å²) in [5, 5.41) is 16.6. The third-order valence-electron chi connectivity index (χ3n) is 7.62. The molecule has 0 bridgehead atoms. The topological polar surface area (TPSA) is 203 Å². The average Bonchev–Trinajstić information content (AvgIpc) is 3.33. The van der Waals surface area contributed by atoms with Gasteiger partial charge < -0.3 is 37.3 Å². The number of benzene rings is 2. The fraction of sp³-hybridized carbons (Fsp3) is 0.469. The van der Waals surface area contributed by atoms with Crippen molar-refractivity contribution in [2.24, 2.45) is 11.5 Å². The standard InChI is InChI=1S/C32H43N5O7/c33-18-8-1-2-15-27(31(42)36-26(30(34)41)14-7-9-19-35-28(38)16-17-29(39)40)37-32(43)44-20-25-23-12-5-3-10-21(23)22-11-4-6-13-24(22)25/h3-6,10-13,25-27H,1-2,7-9,14-20,33H2,(H2,34,41)(H,35,38)(H,36,42)(H,37,43)(H,39,40)/t26-,27-/m0/s1. The Kier molecular flexibility index (Phi) is 13.6. The van der Waals surface area contributed by atoms with E-state index < -0.39 is 36.0 Å². The van der Waals surface area contributed by atoms with E-state index in [-0.39, 0.29) is 37.7 Å². The number of carbonyl (C=O) groups excluding carboxylic acids is 4. The number of nitrogens with two attached hydrogens (primary N) is 2. The van der Waals surface area contributed by atoms with Crippen LogP contribution >= 0.6 is 0 Å². The summed E-state index contributed by atoms with van der Waals surface area (Å²) < 4.78 is 5.63. The molecule has 8 N–H and O–H groups in total. The normalized spacial score (nSPS) is 13.2. The van der Waals surface area contributed by atoms with Gasteiger partial charge in [-0.05, 0) is 60.9 Å². The lowest BCUT2D eigenvalue weighted by Gasteiger charge is -2.22. The van der Waals surface area contributed by atoms with Gasteiger partial charge in [0.1, 0.15) is 18.7 Å². The minimum atomic E-state index is -1.05. The number of ether oxygens (including phenoxy) is 1. The molecule has 0 aromatic heterocycles. The number of nitrogens with one attached hydrogen (secondary N) is 3. The van der Waals surface area contributed by atoms with Crippen LogP contribution in [0.25, 0.3) is 11.1 Å². The fourth-order valence-corrected chi connectivity index (χ4v) is 5.29. The van der Waals surface area contributed by atoms with Gasteiger partial charge in [0.25, 0.3) is 0 Å². The molecule has 0 saturated carbocycles. The quantitative estimate of drug-likeness (QED) is 0.130. The molecular formula is C32H43N5O7. The third-order valence-corrected chi connectivity index (χ3v) is 7.62. The van der Waals surface area contributed by atoms with Gasteiger partial charge in [0, 0.05) is 18.9 Å². The Bertz CT molecular complexity index is 1260. The fourth-order valence-electron chi connectivity index (χ4n) is 5.29. The van der Waals surface area contributed by atoms with E-state index in [9.17, 15) is 24.0 Å². The first-order valence-corrected chi connectivity index (χ1v) is 15.1. The molecule has 0 heterocycles. The number of unbranched alkanes of at least 4 members (excludes halogenated alkanes) is 3. The van der Waals surface area contributed by atoms with Gasteiger partial charge in [-0.2, -0.15) is 0 Å². The second-order valence-electron chi connectivity index (χ2n) is 10.9. The Morgan fingerprint density at radius 3 is 2.02 bits per heavy atom. The number of carboxylic acids is 1. The van der Waals surface area contributed by atoms with Gasteiger partial charge >= 0.3 is 12.1 Å². The zero-order chi connectivity index (χ0) is 31.9. The van der Waals surface area contributed by atoms with E-state index in [1.54, 1.807) is 0 Å². The van der Waals surface area contributed by atoms with Crippen molar-refractivity contribution in [2.75, 3.05) is 19.7 Å². The molecule has 0 saturated heterocycles. The number of rotatable bonds is 19. The number of hydrogen-bond donors (Lipinski definition) is 6. The molecule has 12 nitrogen and oxygen atoms in total. The number of aliphatic carboxylic acids is 1. The minimum Gasteiger partial charge on any atom is -0.481 e.